The van der Waals surface area contributed by atoms with Gasteiger partial charge in [0, 0.05) is 41.9 Å². The second kappa shape index (κ2) is 11.6. The molecule has 1 aromatic rings. The number of nitrogens with zero attached hydrogens (tertiary/aromatic N) is 1. The molecule has 1 aromatic carbocycles. The molecule has 0 radical (unpaired) electrons. The number of sulfone groups is 1. The van der Waals surface area contributed by atoms with Crippen molar-refractivity contribution in [2.75, 3.05) is 24.7 Å². The highest BCUT2D eigenvalue weighted by Gasteiger charge is 2.60. The molecule has 3 amide bonds. The average Bonchev–Trinajstić information content (AvgIpc) is 3.27. The first-order valence-corrected chi connectivity index (χ1v) is 15.3. The normalized spacial score (nSPS) is 26.8. The molecule has 3 N–H and O–H groups in total. The van der Waals surface area contributed by atoms with Crippen molar-refractivity contribution >= 4 is 44.8 Å². The molecule has 3 saturated heterocycles. The Labute approximate surface area is 235 Å². The van der Waals surface area contributed by atoms with Crippen molar-refractivity contribution in [1.29, 1.82) is 0 Å². The molecule has 3 aliphatic heterocycles. The van der Waals surface area contributed by atoms with E-state index in [1.54, 1.807) is 25.1 Å². The van der Waals surface area contributed by atoms with Crippen LogP contribution in [0.3, 0.4) is 0 Å². The number of carbonyl (C=O) groups is 3. The minimum atomic E-state index is -4.26. The number of rotatable bonds is 9. The smallest absolute Gasteiger partial charge is 0.255 e. The number of piperidine rings is 2. The first kappa shape index (κ1) is 30.2. The van der Waals surface area contributed by atoms with Gasteiger partial charge in [0.05, 0.1) is 18.5 Å². The van der Waals surface area contributed by atoms with Gasteiger partial charge < -0.3 is 20.9 Å². The number of halogens is 4. The van der Waals surface area contributed by atoms with Gasteiger partial charge in [-0.3, -0.25) is 14.4 Å². The maximum Gasteiger partial charge on any atom is 0.255 e. The van der Waals surface area contributed by atoms with Crippen LogP contribution in [0.25, 0.3) is 0 Å². The van der Waals surface area contributed by atoms with E-state index in [0.29, 0.717) is 48.0 Å². The van der Waals surface area contributed by atoms with Crippen molar-refractivity contribution < 1.29 is 36.0 Å². The van der Waals surface area contributed by atoms with E-state index in [0.717, 1.165) is 0 Å². The van der Waals surface area contributed by atoms with Crippen molar-refractivity contribution in [2.24, 2.45) is 11.8 Å². The molecule has 4 aliphatic rings. The first-order valence-electron chi connectivity index (χ1n) is 13.0. The van der Waals surface area contributed by atoms with Gasteiger partial charge in [-0.25, -0.2) is 17.2 Å². The largest absolute Gasteiger partial charge is 0.376 e. The number of hydrogen-bond donors (Lipinski definition) is 3. The Bertz CT molecular complexity index is 1330. The van der Waals surface area contributed by atoms with Gasteiger partial charge in [-0.05, 0) is 56.4 Å². The number of benzene rings is 1. The highest BCUT2D eigenvalue weighted by Crippen LogP contribution is 2.49. The number of amides is 3. The SMILES string of the molecule is Cc1c(Cl)cccc1NCC(=O)N1[C@H]2CC[C@@H]([C@H]1C(=O)N[C@@H](/C=C(\F)S(C)(=O)=O)C[C@@H]1CCNC1=O)C(F)(F)C2. The molecule has 1 aliphatic carbocycles. The predicted octanol–water partition coefficient (Wildman–Crippen LogP) is 2.94. The molecular weight excluding hydrogens is 573 g/mol. The summed E-state index contributed by atoms with van der Waals surface area (Å²) in [5.74, 6) is -7.20. The summed E-state index contributed by atoms with van der Waals surface area (Å²) in [6.07, 6.45) is 1.27. The molecule has 4 fully saturated rings. The summed E-state index contributed by atoms with van der Waals surface area (Å²) in [5, 5.41) is 7.01. The van der Waals surface area contributed by atoms with E-state index in [9.17, 15) is 27.2 Å². The van der Waals surface area contributed by atoms with Crippen LogP contribution >= 0.6 is 11.6 Å². The van der Waals surface area contributed by atoms with Crippen molar-refractivity contribution in [2.45, 2.75) is 63.1 Å². The van der Waals surface area contributed by atoms with E-state index in [-0.39, 0.29) is 25.3 Å². The fourth-order valence-electron chi connectivity index (χ4n) is 5.82. The topological polar surface area (TPSA) is 125 Å². The Kier molecular flexibility index (Phi) is 8.74. The molecule has 0 unspecified atom stereocenters. The lowest BCUT2D eigenvalue weighted by Crippen LogP contribution is -2.69. The van der Waals surface area contributed by atoms with E-state index >= 15 is 8.78 Å². The lowest BCUT2D eigenvalue weighted by atomic mass is 9.71. The molecule has 0 aromatic heterocycles. The first-order chi connectivity index (χ1) is 18.7. The van der Waals surface area contributed by atoms with Gasteiger partial charge in [0.2, 0.25) is 32.7 Å². The van der Waals surface area contributed by atoms with E-state index in [2.05, 4.69) is 16.0 Å². The number of hydrogen-bond acceptors (Lipinski definition) is 6. The molecule has 5 rings (SSSR count). The van der Waals surface area contributed by atoms with Crippen molar-refractivity contribution in [3.8, 4) is 0 Å². The predicted molar refractivity (Wildman–Crippen MR) is 143 cm³/mol. The van der Waals surface area contributed by atoms with Crippen LogP contribution in [0, 0.1) is 18.8 Å². The Balaban J connectivity index is 1.59. The summed E-state index contributed by atoms with van der Waals surface area (Å²) in [4.78, 5) is 40.3. The van der Waals surface area contributed by atoms with Crippen LogP contribution in [0.15, 0.2) is 29.4 Å². The van der Waals surface area contributed by atoms with Crippen LogP contribution in [-0.4, -0.2) is 74.4 Å². The van der Waals surface area contributed by atoms with Crippen LogP contribution in [0.5, 0.6) is 0 Å². The van der Waals surface area contributed by atoms with Crippen LogP contribution < -0.4 is 16.0 Å². The fourth-order valence-corrected chi connectivity index (χ4v) is 6.41. The number of carbonyl (C=O) groups excluding carboxylic acids is 3. The highest BCUT2D eigenvalue weighted by atomic mass is 35.5. The Morgan fingerprint density at radius 3 is 2.62 bits per heavy atom. The molecule has 220 valence electrons. The zero-order valence-corrected chi connectivity index (χ0v) is 23.6. The van der Waals surface area contributed by atoms with Gasteiger partial charge in [-0.2, -0.15) is 4.39 Å². The lowest BCUT2D eigenvalue weighted by Gasteiger charge is -2.53. The summed E-state index contributed by atoms with van der Waals surface area (Å²) >= 11 is 6.14. The van der Waals surface area contributed by atoms with Gasteiger partial charge >= 0.3 is 0 Å². The summed E-state index contributed by atoms with van der Waals surface area (Å²) < 4.78 is 67.9. The highest BCUT2D eigenvalue weighted by molar-refractivity contribution is 7.94. The van der Waals surface area contributed by atoms with Gasteiger partial charge in [-0.15, -0.1) is 0 Å². The second-order valence-corrected chi connectivity index (χ2v) is 13.0. The van der Waals surface area contributed by atoms with Crippen molar-refractivity contribution in [3.05, 3.63) is 40.0 Å². The third kappa shape index (κ3) is 6.40. The van der Waals surface area contributed by atoms with Crippen LogP contribution in [-0.2, 0) is 24.2 Å². The maximum atomic E-state index is 15.0. The van der Waals surface area contributed by atoms with Crippen LogP contribution in [0.1, 0.15) is 37.7 Å². The Hall–Kier alpha value is -2.80. The minimum absolute atomic E-state index is 0.00357. The monoisotopic (exact) mass is 604 g/mol. The van der Waals surface area contributed by atoms with Crippen molar-refractivity contribution in [3.63, 3.8) is 0 Å². The fraction of sp³-hybridized carbons (Fsp3) is 0.577. The van der Waals surface area contributed by atoms with E-state index < -0.39 is 69.1 Å². The number of anilines is 1. The molecule has 0 spiro atoms. The van der Waals surface area contributed by atoms with E-state index in [1.165, 1.54) is 4.90 Å². The van der Waals surface area contributed by atoms with Gasteiger partial charge in [-0.1, -0.05) is 17.7 Å². The average molecular weight is 605 g/mol. The summed E-state index contributed by atoms with van der Waals surface area (Å²) in [7, 11) is -4.26. The Morgan fingerprint density at radius 2 is 2.00 bits per heavy atom. The molecule has 9 nitrogen and oxygen atoms in total. The van der Waals surface area contributed by atoms with Crippen LogP contribution in [0.2, 0.25) is 5.02 Å². The summed E-state index contributed by atoms with van der Waals surface area (Å²) in [5.41, 5.74) is 1.27. The zero-order valence-electron chi connectivity index (χ0n) is 22.1. The van der Waals surface area contributed by atoms with E-state index in [4.69, 9.17) is 11.6 Å². The minimum Gasteiger partial charge on any atom is -0.376 e. The lowest BCUT2D eigenvalue weighted by molar-refractivity contribution is -0.193. The summed E-state index contributed by atoms with van der Waals surface area (Å²) in [6.45, 7) is 1.83. The Morgan fingerprint density at radius 1 is 1.27 bits per heavy atom. The zero-order chi connectivity index (χ0) is 29.4. The molecule has 3 heterocycles. The van der Waals surface area contributed by atoms with Gasteiger partial charge in [0.15, 0.2) is 0 Å². The maximum absolute atomic E-state index is 15.0. The number of fused-ring (bicyclic) bond motifs is 3. The second-order valence-electron chi connectivity index (χ2n) is 10.7. The number of alkyl halides is 2. The molecule has 2 bridgehead atoms. The van der Waals surface area contributed by atoms with Gasteiger partial charge in [0.1, 0.15) is 6.04 Å². The summed E-state index contributed by atoms with van der Waals surface area (Å²) in [6, 6.07) is 1.34. The molecule has 1 saturated carbocycles. The van der Waals surface area contributed by atoms with Gasteiger partial charge in [0.25, 0.3) is 5.92 Å². The third-order valence-electron chi connectivity index (χ3n) is 7.91. The molecule has 14 heteroatoms. The molecular formula is C26H32ClF3N4O5S. The quantitative estimate of drug-likeness (QED) is 0.398. The number of nitrogens with one attached hydrogen (secondary N) is 3. The van der Waals surface area contributed by atoms with E-state index in [1.807, 2.05) is 0 Å². The molecule has 40 heavy (non-hydrogen) atoms. The molecule has 5 atom stereocenters. The van der Waals surface area contributed by atoms with Crippen molar-refractivity contribution in [1.82, 2.24) is 15.5 Å². The van der Waals surface area contributed by atoms with Crippen LogP contribution in [0.4, 0.5) is 18.9 Å². The standard InChI is InChI=1S/C26H32ClF3N4O5S/c1-14-19(27)4-3-5-20(14)32-13-22(35)34-17-6-7-18(26(29,30)12-17)23(34)25(37)33-16(11-21(28)40(2,38)39)10-15-8-9-31-24(15)36/h3-5,11,15-18,23,32H,6-10,12-13H2,1-2H3,(H,31,36)(H,33,37)/b21-11+/t15-,16+,17-,18-,23-/m0/s1. The third-order valence-corrected chi connectivity index (χ3v) is 9.16.